The van der Waals surface area contributed by atoms with E-state index in [-0.39, 0.29) is 6.10 Å². The molecule has 0 bridgehead atoms. The molecule has 2 aliphatic carbocycles. The Labute approximate surface area is 166 Å². The number of fused-ring (bicyclic) bond motifs is 1. The van der Waals surface area contributed by atoms with Crippen LogP contribution in [0.25, 0.3) is 0 Å². The van der Waals surface area contributed by atoms with Crippen molar-refractivity contribution in [1.82, 2.24) is 5.32 Å². The van der Waals surface area contributed by atoms with Crippen LogP contribution in [-0.2, 0) is 4.43 Å². The first-order valence-electron chi connectivity index (χ1n) is 10.5. The number of hydrogen-bond donors (Lipinski definition) is 1. The average Bonchev–Trinajstić information content (AvgIpc) is 2.99. The van der Waals surface area contributed by atoms with Crippen LogP contribution < -0.4 is 5.32 Å². The van der Waals surface area contributed by atoms with Crippen molar-refractivity contribution >= 4 is 19.9 Å². The number of hydrogen-bond acceptors (Lipinski definition) is 2. The minimum atomic E-state index is -1.69. The van der Waals surface area contributed by atoms with Gasteiger partial charge in [0.25, 0.3) is 0 Å². The molecule has 1 N–H and O–H groups in total. The first-order chi connectivity index (χ1) is 12.4. The Bertz CT molecular complexity index is 594. The van der Waals surface area contributed by atoms with Gasteiger partial charge in [0.15, 0.2) is 8.32 Å². The van der Waals surface area contributed by atoms with Gasteiger partial charge in [0.05, 0.1) is 6.10 Å². The van der Waals surface area contributed by atoms with Gasteiger partial charge in [-0.15, -0.1) is 0 Å². The van der Waals surface area contributed by atoms with Crippen molar-refractivity contribution in [3.8, 4) is 0 Å². The molecule has 1 aromatic carbocycles. The third-order valence-corrected chi connectivity index (χ3v) is 12.5. The van der Waals surface area contributed by atoms with Gasteiger partial charge in [-0.3, -0.25) is 0 Å². The second-order valence-electron chi connectivity index (χ2n) is 8.98. The van der Waals surface area contributed by atoms with Crippen molar-refractivity contribution in [2.24, 2.45) is 17.3 Å². The maximum Gasteiger partial charge on any atom is 0.192 e. The normalized spacial score (nSPS) is 28.0. The van der Waals surface area contributed by atoms with E-state index in [4.69, 9.17) is 16.0 Å². The number of rotatable bonds is 9. The van der Waals surface area contributed by atoms with Crippen LogP contribution in [-0.4, -0.2) is 20.9 Å². The maximum atomic E-state index is 6.88. The van der Waals surface area contributed by atoms with Gasteiger partial charge in [-0.2, -0.15) is 0 Å². The van der Waals surface area contributed by atoms with Crippen LogP contribution in [0.1, 0.15) is 59.1 Å². The molecule has 0 aliphatic heterocycles. The molecule has 2 aliphatic rings. The third-order valence-electron chi connectivity index (χ3n) is 7.53. The quantitative estimate of drug-likeness (QED) is 0.488. The van der Waals surface area contributed by atoms with Gasteiger partial charge in [-0.25, -0.2) is 0 Å². The number of nitrogens with one attached hydrogen (secondary N) is 1. The second kappa shape index (κ2) is 7.95. The lowest BCUT2D eigenvalue weighted by molar-refractivity contribution is 0.179. The Morgan fingerprint density at radius 1 is 1.12 bits per heavy atom. The first kappa shape index (κ1) is 20.4. The fraction of sp³-hybridized carbons (Fsp3) is 0.727. The highest BCUT2D eigenvalue weighted by atomic mass is 35.5. The second-order valence-corrected chi connectivity index (χ2v) is 14.1. The minimum Gasteiger partial charge on any atom is -0.409 e. The van der Waals surface area contributed by atoms with Crippen LogP contribution in [0.3, 0.4) is 0 Å². The van der Waals surface area contributed by atoms with Crippen LogP contribution >= 0.6 is 11.6 Å². The van der Waals surface area contributed by atoms with Crippen molar-refractivity contribution in [2.75, 3.05) is 6.54 Å². The summed E-state index contributed by atoms with van der Waals surface area (Å²) in [6.45, 7) is 12.6. The topological polar surface area (TPSA) is 21.3 Å². The molecule has 4 atom stereocenters. The fourth-order valence-electron chi connectivity index (χ4n) is 5.20. The van der Waals surface area contributed by atoms with Crippen molar-refractivity contribution in [3.63, 3.8) is 0 Å². The molecule has 2 fully saturated rings. The molecule has 0 spiro atoms. The fourth-order valence-corrected chi connectivity index (χ4v) is 8.27. The lowest BCUT2D eigenvalue weighted by atomic mass is 9.97. The molecule has 1 unspecified atom stereocenters. The lowest BCUT2D eigenvalue weighted by Crippen LogP contribution is -2.41. The standard InChI is InChI=1S/C22H36ClNOSi/c1-6-26(7-2,8-3)25-21(17-11-9-10-12-20(17)23)15-24-16-13-18-19(14-16)22(18,4)5/h9-12,16,18-19,21,24H,6-8,13-15H2,1-5H3/t16-,18+,19-,21?. The lowest BCUT2D eigenvalue weighted by Gasteiger charge is -2.34. The molecule has 0 heterocycles. The van der Waals surface area contributed by atoms with Gasteiger partial charge in [-0.1, -0.05) is 64.4 Å². The monoisotopic (exact) mass is 393 g/mol. The molecule has 146 valence electrons. The number of benzene rings is 1. The molecular weight excluding hydrogens is 358 g/mol. The van der Waals surface area contributed by atoms with Crippen molar-refractivity contribution < 1.29 is 4.43 Å². The molecule has 1 aromatic rings. The zero-order chi connectivity index (χ0) is 18.9. The summed E-state index contributed by atoms with van der Waals surface area (Å²) in [6, 6.07) is 12.4. The molecule has 4 heteroatoms. The van der Waals surface area contributed by atoms with Crippen LogP contribution in [0, 0.1) is 17.3 Å². The maximum absolute atomic E-state index is 6.88. The van der Waals surface area contributed by atoms with Gasteiger partial charge in [-0.05, 0) is 59.9 Å². The van der Waals surface area contributed by atoms with E-state index >= 15 is 0 Å². The molecule has 0 saturated heterocycles. The van der Waals surface area contributed by atoms with Crippen molar-refractivity contribution in [3.05, 3.63) is 34.9 Å². The predicted molar refractivity (Wildman–Crippen MR) is 114 cm³/mol. The van der Waals surface area contributed by atoms with Gasteiger partial charge in [0.1, 0.15) is 0 Å². The van der Waals surface area contributed by atoms with Gasteiger partial charge < -0.3 is 9.74 Å². The third kappa shape index (κ3) is 3.92. The molecule has 0 aromatic heterocycles. The smallest absolute Gasteiger partial charge is 0.192 e. The molecule has 2 nitrogen and oxygen atoms in total. The highest BCUT2D eigenvalue weighted by molar-refractivity contribution is 6.73. The molecule has 2 saturated carbocycles. The summed E-state index contributed by atoms with van der Waals surface area (Å²) in [6.07, 6.45) is 2.72. The molecule has 0 amide bonds. The van der Waals surface area contributed by atoms with E-state index in [0.29, 0.717) is 11.5 Å². The zero-order valence-electron chi connectivity index (χ0n) is 17.1. The summed E-state index contributed by atoms with van der Waals surface area (Å²) < 4.78 is 6.88. The van der Waals surface area contributed by atoms with Gasteiger partial charge in [0, 0.05) is 17.6 Å². The Balaban J connectivity index is 1.69. The van der Waals surface area contributed by atoms with E-state index in [1.807, 2.05) is 12.1 Å². The minimum absolute atomic E-state index is 0.0696. The summed E-state index contributed by atoms with van der Waals surface area (Å²) in [5.41, 5.74) is 1.74. The van der Waals surface area contributed by atoms with E-state index in [1.54, 1.807) is 0 Å². The summed E-state index contributed by atoms with van der Waals surface area (Å²) in [5, 5.41) is 4.67. The van der Waals surface area contributed by atoms with Crippen LogP contribution in [0.2, 0.25) is 23.2 Å². The summed E-state index contributed by atoms with van der Waals surface area (Å²) in [7, 11) is -1.69. The van der Waals surface area contributed by atoms with E-state index < -0.39 is 8.32 Å². The highest BCUT2D eigenvalue weighted by Crippen LogP contribution is 2.66. The van der Waals surface area contributed by atoms with Crippen molar-refractivity contribution in [2.45, 2.75) is 77.7 Å². The molecule has 0 radical (unpaired) electrons. The first-order valence-corrected chi connectivity index (χ1v) is 13.4. The Morgan fingerprint density at radius 2 is 1.69 bits per heavy atom. The summed E-state index contributed by atoms with van der Waals surface area (Å²) in [5.74, 6) is 1.85. The Kier molecular flexibility index (Phi) is 6.23. The number of halogens is 1. The van der Waals surface area contributed by atoms with Gasteiger partial charge >= 0.3 is 0 Å². The Morgan fingerprint density at radius 3 is 2.23 bits per heavy atom. The van der Waals surface area contributed by atoms with E-state index in [2.05, 4.69) is 52.1 Å². The SMILES string of the molecule is CC[Si](CC)(CC)OC(CN[C@H]1C[C@@H]2[C@H](C1)C2(C)C)c1ccccc1Cl. The van der Waals surface area contributed by atoms with Gasteiger partial charge in [0.2, 0.25) is 0 Å². The summed E-state index contributed by atoms with van der Waals surface area (Å²) in [4.78, 5) is 0. The molecule has 26 heavy (non-hydrogen) atoms. The largest absolute Gasteiger partial charge is 0.409 e. The molecule has 3 rings (SSSR count). The van der Waals surface area contributed by atoms with E-state index in [0.717, 1.165) is 29.0 Å². The Hall–Kier alpha value is -0.353. The predicted octanol–water partition coefficient (Wildman–Crippen LogP) is 6.43. The van der Waals surface area contributed by atoms with E-state index in [1.165, 1.54) is 31.0 Å². The van der Waals surface area contributed by atoms with E-state index in [9.17, 15) is 0 Å². The van der Waals surface area contributed by atoms with Crippen molar-refractivity contribution in [1.29, 1.82) is 0 Å². The average molecular weight is 394 g/mol. The van der Waals surface area contributed by atoms with Crippen LogP contribution in [0.5, 0.6) is 0 Å². The highest BCUT2D eigenvalue weighted by Gasteiger charge is 2.61. The summed E-state index contributed by atoms with van der Waals surface area (Å²) >= 11 is 6.55. The van der Waals surface area contributed by atoms with Crippen LogP contribution in [0.4, 0.5) is 0 Å². The van der Waals surface area contributed by atoms with Crippen LogP contribution in [0.15, 0.2) is 24.3 Å². The zero-order valence-corrected chi connectivity index (χ0v) is 18.9. The molecular formula is C22H36ClNOSi.